The van der Waals surface area contributed by atoms with Gasteiger partial charge in [-0.3, -0.25) is 4.40 Å². The molecule has 0 atom stereocenters. The molecular formula is C15H23N5. The lowest BCUT2D eigenvalue weighted by Crippen LogP contribution is -2.47. The van der Waals surface area contributed by atoms with Gasteiger partial charge in [0.05, 0.1) is 0 Å². The van der Waals surface area contributed by atoms with E-state index in [-0.39, 0.29) is 5.54 Å². The predicted octanol–water partition coefficient (Wildman–Crippen LogP) is 2.21. The van der Waals surface area contributed by atoms with Gasteiger partial charge in [0.1, 0.15) is 5.82 Å². The molecule has 2 aromatic rings. The first-order valence-corrected chi connectivity index (χ1v) is 7.51. The second kappa shape index (κ2) is 5.13. The van der Waals surface area contributed by atoms with Gasteiger partial charge in [-0.05, 0) is 39.8 Å². The third-order valence-corrected chi connectivity index (χ3v) is 4.60. The summed E-state index contributed by atoms with van der Waals surface area (Å²) in [6, 6.07) is 2.09. The Bertz CT molecular complexity index is 610. The van der Waals surface area contributed by atoms with Crippen molar-refractivity contribution in [3.8, 4) is 0 Å². The molecule has 3 rings (SSSR count). The van der Waals surface area contributed by atoms with E-state index in [1.807, 2.05) is 6.92 Å². The predicted molar refractivity (Wildman–Crippen MR) is 78.8 cm³/mol. The SMILES string of the molecule is CNC1(Cc2nnc3nc(C)cc(C)n23)CCCCC1. The second-order valence-corrected chi connectivity index (χ2v) is 6.06. The van der Waals surface area contributed by atoms with E-state index in [0.29, 0.717) is 0 Å². The van der Waals surface area contributed by atoms with Crippen LogP contribution in [0.3, 0.4) is 0 Å². The van der Waals surface area contributed by atoms with Crippen molar-refractivity contribution in [1.29, 1.82) is 0 Å². The van der Waals surface area contributed by atoms with Crippen LogP contribution >= 0.6 is 0 Å². The Labute approximate surface area is 119 Å². The molecule has 0 unspecified atom stereocenters. The Balaban J connectivity index is 1.98. The summed E-state index contributed by atoms with van der Waals surface area (Å²) in [6.45, 7) is 4.10. The third kappa shape index (κ3) is 2.30. The van der Waals surface area contributed by atoms with Crippen molar-refractivity contribution in [3.05, 3.63) is 23.3 Å². The van der Waals surface area contributed by atoms with Crippen LogP contribution in [0.15, 0.2) is 6.07 Å². The quantitative estimate of drug-likeness (QED) is 0.931. The highest BCUT2D eigenvalue weighted by molar-refractivity contribution is 5.33. The molecular weight excluding hydrogens is 250 g/mol. The Morgan fingerprint density at radius 3 is 2.65 bits per heavy atom. The lowest BCUT2D eigenvalue weighted by atomic mass is 9.79. The minimum Gasteiger partial charge on any atom is -0.314 e. The molecule has 1 saturated carbocycles. The molecule has 1 N–H and O–H groups in total. The number of aromatic nitrogens is 4. The largest absolute Gasteiger partial charge is 0.314 e. The van der Waals surface area contributed by atoms with Gasteiger partial charge in [-0.25, -0.2) is 4.98 Å². The van der Waals surface area contributed by atoms with Crippen molar-refractivity contribution in [2.24, 2.45) is 0 Å². The summed E-state index contributed by atoms with van der Waals surface area (Å²) in [7, 11) is 2.07. The Morgan fingerprint density at radius 1 is 1.20 bits per heavy atom. The third-order valence-electron chi connectivity index (χ3n) is 4.60. The minimum absolute atomic E-state index is 0.179. The van der Waals surface area contributed by atoms with Crippen molar-refractivity contribution in [1.82, 2.24) is 24.9 Å². The van der Waals surface area contributed by atoms with E-state index in [1.54, 1.807) is 0 Å². The van der Waals surface area contributed by atoms with Crippen LogP contribution in [0, 0.1) is 13.8 Å². The van der Waals surface area contributed by atoms with Crippen LogP contribution in [-0.2, 0) is 6.42 Å². The molecule has 2 heterocycles. The Kier molecular flexibility index (Phi) is 3.46. The summed E-state index contributed by atoms with van der Waals surface area (Å²) in [5, 5.41) is 12.2. The van der Waals surface area contributed by atoms with Crippen LogP contribution < -0.4 is 5.32 Å². The monoisotopic (exact) mass is 273 g/mol. The molecule has 0 aliphatic heterocycles. The van der Waals surface area contributed by atoms with E-state index in [2.05, 4.69) is 44.9 Å². The smallest absolute Gasteiger partial charge is 0.255 e. The maximum absolute atomic E-state index is 4.47. The van der Waals surface area contributed by atoms with E-state index in [0.717, 1.165) is 29.4 Å². The molecule has 1 aliphatic rings. The summed E-state index contributed by atoms with van der Waals surface area (Å²) in [5.74, 6) is 1.75. The molecule has 0 spiro atoms. The van der Waals surface area contributed by atoms with Gasteiger partial charge in [-0.1, -0.05) is 19.3 Å². The number of likely N-dealkylation sites (N-methyl/N-ethyl adjacent to an activating group) is 1. The van der Waals surface area contributed by atoms with Crippen molar-refractivity contribution in [2.45, 2.75) is 57.9 Å². The molecule has 20 heavy (non-hydrogen) atoms. The van der Waals surface area contributed by atoms with Crippen LogP contribution in [-0.4, -0.2) is 32.2 Å². The summed E-state index contributed by atoms with van der Waals surface area (Å²) in [4.78, 5) is 4.47. The maximum Gasteiger partial charge on any atom is 0.255 e. The van der Waals surface area contributed by atoms with E-state index in [4.69, 9.17) is 0 Å². The number of rotatable bonds is 3. The fraction of sp³-hybridized carbons (Fsp3) is 0.667. The maximum atomic E-state index is 4.47. The topological polar surface area (TPSA) is 55.1 Å². The van der Waals surface area contributed by atoms with E-state index in [1.165, 1.54) is 32.1 Å². The average Bonchev–Trinajstić information content (AvgIpc) is 2.82. The summed E-state index contributed by atoms with van der Waals surface area (Å²) < 4.78 is 2.10. The molecule has 5 nitrogen and oxygen atoms in total. The Morgan fingerprint density at radius 2 is 1.95 bits per heavy atom. The van der Waals surface area contributed by atoms with Crippen molar-refractivity contribution < 1.29 is 0 Å². The number of fused-ring (bicyclic) bond motifs is 1. The molecule has 0 bridgehead atoms. The van der Waals surface area contributed by atoms with Gasteiger partial charge >= 0.3 is 0 Å². The summed E-state index contributed by atoms with van der Waals surface area (Å²) >= 11 is 0. The fourth-order valence-electron chi connectivity index (χ4n) is 3.46. The van der Waals surface area contributed by atoms with Crippen LogP contribution in [0.5, 0.6) is 0 Å². The van der Waals surface area contributed by atoms with Crippen molar-refractivity contribution in [3.63, 3.8) is 0 Å². The number of aryl methyl sites for hydroxylation is 2. The van der Waals surface area contributed by atoms with Crippen LogP contribution in [0.1, 0.15) is 49.3 Å². The first-order chi connectivity index (χ1) is 9.63. The van der Waals surface area contributed by atoms with Gasteiger partial charge in [0.2, 0.25) is 0 Å². The molecule has 0 radical (unpaired) electrons. The number of nitrogens with one attached hydrogen (secondary N) is 1. The standard InChI is InChI=1S/C15H23N5/c1-11-9-12(2)20-13(18-19-14(20)17-11)10-15(16-3)7-5-4-6-8-15/h9,16H,4-8,10H2,1-3H3. The normalized spacial score (nSPS) is 18.6. The van der Waals surface area contributed by atoms with Gasteiger partial charge < -0.3 is 5.32 Å². The van der Waals surface area contributed by atoms with E-state index >= 15 is 0 Å². The number of hydrogen-bond acceptors (Lipinski definition) is 4. The van der Waals surface area contributed by atoms with Crippen molar-refractivity contribution in [2.75, 3.05) is 7.05 Å². The Hall–Kier alpha value is -1.49. The number of hydrogen-bond donors (Lipinski definition) is 1. The average molecular weight is 273 g/mol. The van der Waals surface area contributed by atoms with Gasteiger partial charge in [-0.2, -0.15) is 0 Å². The zero-order valence-corrected chi connectivity index (χ0v) is 12.6. The summed E-state index contributed by atoms with van der Waals surface area (Å²) in [5.41, 5.74) is 2.34. The molecule has 1 aliphatic carbocycles. The summed E-state index contributed by atoms with van der Waals surface area (Å²) in [6.07, 6.45) is 7.31. The molecule has 0 aromatic carbocycles. The zero-order chi connectivity index (χ0) is 14.2. The van der Waals surface area contributed by atoms with Gasteiger partial charge in [0.15, 0.2) is 0 Å². The molecule has 5 heteroatoms. The second-order valence-electron chi connectivity index (χ2n) is 6.06. The zero-order valence-electron chi connectivity index (χ0n) is 12.6. The minimum atomic E-state index is 0.179. The van der Waals surface area contributed by atoms with E-state index in [9.17, 15) is 0 Å². The van der Waals surface area contributed by atoms with Crippen LogP contribution in [0.2, 0.25) is 0 Å². The molecule has 0 saturated heterocycles. The fourth-order valence-corrected chi connectivity index (χ4v) is 3.46. The highest BCUT2D eigenvalue weighted by atomic mass is 15.3. The van der Waals surface area contributed by atoms with Gasteiger partial charge in [-0.15, -0.1) is 10.2 Å². The molecule has 2 aromatic heterocycles. The van der Waals surface area contributed by atoms with Gasteiger partial charge in [0.25, 0.3) is 5.78 Å². The lowest BCUT2D eigenvalue weighted by molar-refractivity contribution is 0.240. The first-order valence-electron chi connectivity index (χ1n) is 7.51. The molecule has 108 valence electrons. The molecule has 1 fully saturated rings. The highest BCUT2D eigenvalue weighted by Crippen LogP contribution is 2.30. The van der Waals surface area contributed by atoms with Crippen LogP contribution in [0.4, 0.5) is 0 Å². The van der Waals surface area contributed by atoms with Gasteiger partial charge in [0, 0.05) is 23.3 Å². The van der Waals surface area contributed by atoms with E-state index < -0.39 is 0 Å². The number of nitrogens with zero attached hydrogens (tertiary/aromatic N) is 4. The molecule has 0 amide bonds. The first kappa shape index (κ1) is 13.5. The van der Waals surface area contributed by atoms with Crippen LogP contribution in [0.25, 0.3) is 5.78 Å². The lowest BCUT2D eigenvalue weighted by Gasteiger charge is -2.36. The highest BCUT2D eigenvalue weighted by Gasteiger charge is 2.32. The van der Waals surface area contributed by atoms with Crippen molar-refractivity contribution >= 4 is 5.78 Å².